The summed E-state index contributed by atoms with van der Waals surface area (Å²) in [5.74, 6) is -0.224. The first-order chi connectivity index (χ1) is 7.76. The van der Waals surface area contributed by atoms with Gasteiger partial charge in [0, 0.05) is 10.4 Å². The summed E-state index contributed by atoms with van der Waals surface area (Å²) in [5.41, 5.74) is 1.27. The summed E-state index contributed by atoms with van der Waals surface area (Å²) in [4.78, 5) is 11.5. The largest absolute Gasteiger partial charge is 0.494 e. The summed E-state index contributed by atoms with van der Waals surface area (Å²) in [7, 11) is 1.42. The molecule has 0 bridgehead atoms. The SMILES string of the molecule is COc1ccc(-c2sccc2C=O)cc1F. The van der Waals surface area contributed by atoms with Crippen LogP contribution in [0.2, 0.25) is 0 Å². The van der Waals surface area contributed by atoms with Crippen LogP contribution in [-0.2, 0) is 0 Å². The molecule has 0 fully saturated rings. The molecular formula is C12H9FO2S. The zero-order valence-electron chi connectivity index (χ0n) is 8.57. The van der Waals surface area contributed by atoms with Crippen LogP contribution in [0.5, 0.6) is 5.75 Å². The van der Waals surface area contributed by atoms with Crippen molar-refractivity contribution >= 4 is 17.6 Å². The maximum atomic E-state index is 13.5. The number of rotatable bonds is 3. The molecule has 1 heterocycles. The van der Waals surface area contributed by atoms with Gasteiger partial charge in [0.05, 0.1) is 7.11 Å². The number of aldehydes is 1. The molecule has 1 aromatic heterocycles. The second-order valence-corrected chi connectivity index (χ2v) is 4.09. The van der Waals surface area contributed by atoms with E-state index in [1.807, 2.05) is 0 Å². The predicted molar refractivity (Wildman–Crippen MR) is 61.7 cm³/mol. The molecule has 1 aromatic carbocycles. The van der Waals surface area contributed by atoms with E-state index in [0.29, 0.717) is 11.1 Å². The molecule has 2 rings (SSSR count). The van der Waals surface area contributed by atoms with E-state index < -0.39 is 5.82 Å². The number of carbonyl (C=O) groups excluding carboxylic acids is 1. The Hall–Kier alpha value is -1.68. The van der Waals surface area contributed by atoms with E-state index in [1.165, 1.54) is 24.5 Å². The molecule has 0 aliphatic carbocycles. The van der Waals surface area contributed by atoms with Crippen LogP contribution in [0.4, 0.5) is 4.39 Å². The van der Waals surface area contributed by atoms with Gasteiger partial charge in [-0.1, -0.05) is 0 Å². The number of halogens is 1. The third-order valence-electron chi connectivity index (χ3n) is 2.24. The average molecular weight is 236 g/mol. The molecule has 16 heavy (non-hydrogen) atoms. The molecule has 0 spiro atoms. The van der Waals surface area contributed by atoms with Crippen molar-refractivity contribution in [2.45, 2.75) is 0 Å². The minimum Gasteiger partial charge on any atom is -0.494 e. The Labute approximate surface area is 96.3 Å². The van der Waals surface area contributed by atoms with Gasteiger partial charge in [-0.25, -0.2) is 4.39 Å². The normalized spacial score (nSPS) is 10.1. The molecule has 4 heteroatoms. The number of hydrogen-bond donors (Lipinski definition) is 0. The van der Waals surface area contributed by atoms with Gasteiger partial charge in [0.15, 0.2) is 17.9 Å². The van der Waals surface area contributed by atoms with E-state index in [2.05, 4.69) is 0 Å². The first kappa shape index (κ1) is 10.8. The number of benzene rings is 1. The van der Waals surface area contributed by atoms with E-state index >= 15 is 0 Å². The van der Waals surface area contributed by atoms with Gasteiger partial charge in [-0.15, -0.1) is 11.3 Å². The van der Waals surface area contributed by atoms with Crippen molar-refractivity contribution in [1.82, 2.24) is 0 Å². The van der Waals surface area contributed by atoms with E-state index in [1.54, 1.807) is 23.6 Å². The highest BCUT2D eigenvalue weighted by Gasteiger charge is 2.09. The van der Waals surface area contributed by atoms with Crippen LogP contribution in [0.3, 0.4) is 0 Å². The minimum atomic E-state index is -0.426. The van der Waals surface area contributed by atoms with E-state index in [-0.39, 0.29) is 5.75 Å². The summed E-state index contributed by atoms with van der Waals surface area (Å²) < 4.78 is 18.3. The average Bonchev–Trinajstić information content (AvgIpc) is 2.77. The summed E-state index contributed by atoms with van der Waals surface area (Å²) in [5, 5.41) is 1.81. The smallest absolute Gasteiger partial charge is 0.165 e. The molecule has 0 atom stereocenters. The fourth-order valence-electron chi connectivity index (χ4n) is 1.45. The molecule has 0 N–H and O–H groups in total. The van der Waals surface area contributed by atoms with Gasteiger partial charge in [0.2, 0.25) is 0 Å². The lowest BCUT2D eigenvalue weighted by Crippen LogP contribution is -1.88. The third kappa shape index (κ3) is 1.84. The number of hydrogen-bond acceptors (Lipinski definition) is 3. The van der Waals surface area contributed by atoms with Crippen molar-refractivity contribution in [1.29, 1.82) is 0 Å². The minimum absolute atomic E-state index is 0.202. The molecule has 0 unspecified atom stereocenters. The van der Waals surface area contributed by atoms with E-state index in [9.17, 15) is 9.18 Å². The fraction of sp³-hybridized carbons (Fsp3) is 0.0833. The Balaban J connectivity index is 2.49. The Kier molecular flexibility index (Phi) is 3.01. The fourth-order valence-corrected chi connectivity index (χ4v) is 2.32. The number of carbonyl (C=O) groups is 1. The zero-order valence-corrected chi connectivity index (χ0v) is 9.38. The molecule has 82 valence electrons. The maximum Gasteiger partial charge on any atom is 0.165 e. The number of ether oxygens (including phenoxy) is 1. The first-order valence-corrected chi connectivity index (χ1v) is 5.51. The quantitative estimate of drug-likeness (QED) is 0.764. The Bertz CT molecular complexity index is 519. The summed E-state index contributed by atoms with van der Waals surface area (Å²) in [6, 6.07) is 6.38. The maximum absolute atomic E-state index is 13.5. The lowest BCUT2D eigenvalue weighted by atomic mass is 10.1. The Morgan fingerprint density at radius 2 is 2.19 bits per heavy atom. The van der Waals surface area contributed by atoms with Gasteiger partial charge in [-0.05, 0) is 35.2 Å². The highest BCUT2D eigenvalue weighted by atomic mass is 32.1. The van der Waals surface area contributed by atoms with Crippen molar-refractivity contribution in [3.63, 3.8) is 0 Å². The predicted octanol–water partition coefficient (Wildman–Crippen LogP) is 3.38. The van der Waals surface area contributed by atoms with Crippen LogP contribution in [-0.4, -0.2) is 13.4 Å². The van der Waals surface area contributed by atoms with Crippen LogP contribution < -0.4 is 4.74 Å². The number of thiophene rings is 1. The monoisotopic (exact) mass is 236 g/mol. The van der Waals surface area contributed by atoms with Crippen molar-refractivity contribution in [2.24, 2.45) is 0 Å². The van der Waals surface area contributed by atoms with Crippen LogP contribution in [0.15, 0.2) is 29.6 Å². The topological polar surface area (TPSA) is 26.3 Å². The molecule has 0 saturated heterocycles. The molecule has 0 saturated carbocycles. The van der Waals surface area contributed by atoms with Crippen molar-refractivity contribution in [3.05, 3.63) is 41.0 Å². The highest BCUT2D eigenvalue weighted by molar-refractivity contribution is 7.14. The first-order valence-electron chi connectivity index (χ1n) is 4.63. The van der Waals surface area contributed by atoms with E-state index in [0.717, 1.165) is 11.2 Å². The van der Waals surface area contributed by atoms with Gasteiger partial charge in [0.1, 0.15) is 0 Å². The van der Waals surface area contributed by atoms with Crippen molar-refractivity contribution in [2.75, 3.05) is 7.11 Å². The molecule has 0 amide bonds. The van der Waals surface area contributed by atoms with Gasteiger partial charge in [-0.2, -0.15) is 0 Å². The summed E-state index contributed by atoms with van der Waals surface area (Å²) >= 11 is 1.41. The molecular weight excluding hydrogens is 227 g/mol. The molecule has 2 aromatic rings. The second kappa shape index (κ2) is 4.45. The highest BCUT2D eigenvalue weighted by Crippen LogP contribution is 2.31. The zero-order chi connectivity index (χ0) is 11.5. The van der Waals surface area contributed by atoms with Gasteiger partial charge in [-0.3, -0.25) is 4.79 Å². The van der Waals surface area contributed by atoms with Gasteiger partial charge >= 0.3 is 0 Å². The molecule has 2 nitrogen and oxygen atoms in total. The third-order valence-corrected chi connectivity index (χ3v) is 3.22. The second-order valence-electron chi connectivity index (χ2n) is 3.17. The van der Waals surface area contributed by atoms with Crippen molar-refractivity contribution < 1.29 is 13.9 Å². The van der Waals surface area contributed by atoms with Crippen LogP contribution in [0.1, 0.15) is 10.4 Å². The lowest BCUT2D eigenvalue weighted by molar-refractivity contribution is 0.112. The molecule has 0 aliphatic rings. The summed E-state index contributed by atoms with van der Waals surface area (Å²) in [6.45, 7) is 0. The van der Waals surface area contributed by atoms with Crippen LogP contribution in [0, 0.1) is 5.82 Å². The van der Waals surface area contributed by atoms with Gasteiger partial charge < -0.3 is 4.74 Å². The molecule has 0 radical (unpaired) electrons. The van der Waals surface area contributed by atoms with E-state index in [4.69, 9.17) is 4.74 Å². The summed E-state index contributed by atoms with van der Waals surface area (Å²) in [6.07, 6.45) is 0.772. The van der Waals surface area contributed by atoms with Crippen LogP contribution in [0.25, 0.3) is 10.4 Å². The van der Waals surface area contributed by atoms with Crippen LogP contribution >= 0.6 is 11.3 Å². The molecule has 0 aliphatic heterocycles. The standard InChI is InChI=1S/C12H9FO2S/c1-15-11-3-2-8(6-10(11)13)12-9(7-14)4-5-16-12/h2-7H,1H3. The van der Waals surface area contributed by atoms with Gasteiger partial charge in [0.25, 0.3) is 0 Å². The van der Waals surface area contributed by atoms with Crippen molar-refractivity contribution in [3.8, 4) is 16.2 Å². The lowest BCUT2D eigenvalue weighted by Gasteiger charge is -2.04. The Morgan fingerprint density at radius 3 is 2.81 bits per heavy atom. The Morgan fingerprint density at radius 1 is 1.38 bits per heavy atom. The number of methoxy groups -OCH3 is 1.